The predicted molar refractivity (Wildman–Crippen MR) is 135 cm³/mol. The molecule has 11 nitrogen and oxygen atoms in total. The molecule has 11 heteroatoms. The van der Waals surface area contributed by atoms with Crippen LogP contribution in [0, 0.1) is 0 Å². The van der Waals surface area contributed by atoms with Crippen LogP contribution in [0.4, 0.5) is 11.6 Å². The molecule has 6 atom stereocenters. The number of carbonyl (C=O) groups excluding carboxylic acids is 2. The summed E-state index contributed by atoms with van der Waals surface area (Å²) in [6.45, 7) is 2.86. The SMILES string of the molecule is CC1CC(Nc2cc3ncccc3c(NC3C[C@H]4CC[C@@H](C3)N4CC(=O)N[C@H]3CCOC3=O)n2)NN1. The second-order valence-electron chi connectivity index (χ2n) is 10.5. The summed E-state index contributed by atoms with van der Waals surface area (Å²) in [6, 6.07) is 6.83. The Labute approximate surface area is 210 Å². The first-order chi connectivity index (χ1) is 17.5. The van der Waals surface area contributed by atoms with Crippen LogP contribution in [0.15, 0.2) is 24.4 Å². The third-order valence-corrected chi connectivity index (χ3v) is 7.84. The van der Waals surface area contributed by atoms with Gasteiger partial charge in [-0.05, 0) is 51.2 Å². The van der Waals surface area contributed by atoms with Crippen LogP contribution < -0.4 is 26.8 Å². The van der Waals surface area contributed by atoms with E-state index in [2.05, 4.69) is 49.7 Å². The van der Waals surface area contributed by atoms with Gasteiger partial charge in [0.05, 0.1) is 24.8 Å². The van der Waals surface area contributed by atoms with Gasteiger partial charge < -0.3 is 20.7 Å². The van der Waals surface area contributed by atoms with Crippen LogP contribution in [-0.2, 0) is 14.3 Å². The number of hydrogen-bond acceptors (Lipinski definition) is 10. The van der Waals surface area contributed by atoms with Crippen LogP contribution in [0.3, 0.4) is 0 Å². The predicted octanol–water partition coefficient (Wildman–Crippen LogP) is 1.09. The van der Waals surface area contributed by atoms with Gasteiger partial charge in [0.15, 0.2) is 0 Å². The van der Waals surface area contributed by atoms with Crippen LogP contribution in [0.1, 0.15) is 45.4 Å². The Morgan fingerprint density at radius 1 is 1.17 bits per heavy atom. The van der Waals surface area contributed by atoms with E-state index in [1.54, 1.807) is 0 Å². The number of cyclic esters (lactones) is 1. The number of nitrogens with one attached hydrogen (secondary N) is 5. The molecule has 6 heterocycles. The first kappa shape index (κ1) is 23.4. The highest BCUT2D eigenvalue weighted by molar-refractivity contribution is 5.91. The van der Waals surface area contributed by atoms with Crippen molar-refractivity contribution in [2.45, 2.75) is 81.8 Å². The molecule has 4 aliphatic heterocycles. The summed E-state index contributed by atoms with van der Waals surface area (Å²) in [7, 11) is 0. The molecule has 0 aliphatic carbocycles. The van der Waals surface area contributed by atoms with Crippen LogP contribution in [0.5, 0.6) is 0 Å². The average molecular weight is 495 g/mol. The monoisotopic (exact) mass is 494 g/mol. The molecule has 0 spiro atoms. The number of nitrogens with zero attached hydrogens (tertiary/aromatic N) is 3. The molecule has 3 unspecified atom stereocenters. The van der Waals surface area contributed by atoms with Crippen molar-refractivity contribution in [1.29, 1.82) is 0 Å². The van der Waals surface area contributed by atoms with E-state index in [-0.39, 0.29) is 24.1 Å². The zero-order valence-electron chi connectivity index (χ0n) is 20.5. The molecule has 2 aromatic heterocycles. The number of piperidine rings is 1. The number of hydrogen-bond donors (Lipinski definition) is 5. The van der Waals surface area contributed by atoms with Gasteiger partial charge >= 0.3 is 5.97 Å². The number of anilines is 2. The van der Waals surface area contributed by atoms with Gasteiger partial charge in [0.2, 0.25) is 5.91 Å². The quantitative estimate of drug-likeness (QED) is 0.356. The molecule has 2 bridgehead atoms. The highest BCUT2D eigenvalue weighted by atomic mass is 16.5. The van der Waals surface area contributed by atoms with E-state index in [1.165, 1.54) is 0 Å². The number of fused-ring (bicyclic) bond motifs is 3. The fourth-order valence-electron chi connectivity index (χ4n) is 6.12. The molecule has 4 saturated heterocycles. The number of aromatic nitrogens is 2. The number of rotatable bonds is 7. The normalized spacial score (nSPS) is 32.0. The standard InChI is InChI=1S/C25H34N8O3/c1-14-9-22(32-31-14)29-21-12-20-18(3-2-7-26-20)24(30-21)27-15-10-16-4-5-17(11-15)33(16)13-23(34)28-19-6-8-36-25(19)35/h2-3,7,12,14-17,19,22,31-32H,4-6,8-11,13H2,1H3,(H,28,34)(H2,27,29,30)/t14?,15?,16-,17+,19-,22?/m0/s1. The number of hydrazine groups is 1. The van der Waals surface area contributed by atoms with Crippen molar-refractivity contribution in [2.75, 3.05) is 23.8 Å². The Kier molecular flexibility index (Phi) is 6.36. The lowest BCUT2D eigenvalue weighted by molar-refractivity contribution is -0.141. The van der Waals surface area contributed by atoms with E-state index in [4.69, 9.17) is 9.72 Å². The van der Waals surface area contributed by atoms with E-state index in [0.29, 0.717) is 37.7 Å². The lowest BCUT2D eigenvalue weighted by atomic mass is 9.97. The summed E-state index contributed by atoms with van der Waals surface area (Å²) in [4.78, 5) is 36.2. The third kappa shape index (κ3) is 4.82. The number of esters is 1. The number of ether oxygens (including phenoxy) is 1. The van der Waals surface area contributed by atoms with E-state index in [1.807, 2.05) is 18.3 Å². The van der Waals surface area contributed by atoms with E-state index < -0.39 is 6.04 Å². The molecular formula is C25H34N8O3. The summed E-state index contributed by atoms with van der Waals surface area (Å²) < 4.78 is 4.97. The highest BCUT2D eigenvalue weighted by Crippen LogP contribution is 2.37. The van der Waals surface area contributed by atoms with Crippen LogP contribution >= 0.6 is 0 Å². The minimum absolute atomic E-state index is 0.0935. The highest BCUT2D eigenvalue weighted by Gasteiger charge is 2.42. The molecule has 0 aromatic carbocycles. The Morgan fingerprint density at radius 3 is 2.72 bits per heavy atom. The first-order valence-corrected chi connectivity index (χ1v) is 13.0. The minimum atomic E-state index is -0.498. The largest absolute Gasteiger partial charge is 0.464 e. The number of carbonyl (C=O) groups is 2. The Bertz CT molecular complexity index is 1130. The van der Waals surface area contributed by atoms with Crippen LogP contribution in [-0.4, -0.2) is 76.3 Å². The van der Waals surface area contributed by atoms with E-state index in [9.17, 15) is 9.59 Å². The van der Waals surface area contributed by atoms with Crippen molar-refractivity contribution in [2.24, 2.45) is 0 Å². The molecular weight excluding hydrogens is 460 g/mol. The molecule has 0 saturated carbocycles. The summed E-state index contributed by atoms with van der Waals surface area (Å²) in [5.74, 6) is 1.22. The Balaban J connectivity index is 1.12. The first-order valence-electron chi connectivity index (χ1n) is 13.0. The molecule has 1 amide bonds. The van der Waals surface area contributed by atoms with E-state index in [0.717, 1.165) is 54.6 Å². The summed E-state index contributed by atoms with van der Waals surface area (Å²) in [5, 5.41) is 11.1. The average Bonchev–Trinajstić information content (AvgIpc) is 3.51. The van der Waals surface area contributed by atoms with Gasteiger partial charge in [0.25, 0.3) is 0 Å². The minimum Gasteiger partial charge on any atom is -0.464 e. The van der Waals surface area contributed by atoms with Crippen molar-refractivity contribution < 1.29 is 14.3 Å². The lowest BCUT2D eigenvalue weighted by Gasteiger charge is -2.39. The van der Waals surface area contributed by atoms with E-state index >= 15 is 0 Å². The van der Waals surface area contributed by atoms with Gasteiger partial charge in [0.1, 0.15) is 17.7 Å². The molecule has 0 radical (unpaired) electrons. The van der Waals surface area contributed by atoms with Gasteiger partial charge in [-0.3, -0.25) is 20.1 Å². The fourth-order valence-corrected chi connectivity index (χ4v) is 6.12. The van der Waals surface area contributed by atoms with Gasteiger partial charge in [0, 0.05) is 48.2 Å². The maximum atomic E-state index is 12.6. The second kappa shape index (κ2) is 9.79. The zero-order chi connectivity index (χ0) is 24.6. The van der Waals surface area contributed by atoms with Crippen LogP contribution in [0.25, 0.3) is 10.9 Å². The molecule has 2 aromatic rings. The molecule has 192 valence electrons. The zero-order valence-corrected chi connectivity index (χ0v) is 20.5. The van der Waals surface area contributed by atoms with Crippen molar-refractivity contribution in [3.63, 3.8) is 0 Å². The van der Waals surface area contributed by atoms with Crippen molar-refractivity contribution >= 4 is 34.4 Å². The molecule has 5 N–H and O–H groups in total. The smallest absolute Gasteiger partial charge is 0.328 e. The number of amides is 1. The van der Waals surface area contributed by atoms with Gasteiger partial charge in [-0.1, -0.05) is 0 Å². The van der Waals surface area contributed by atoms with Crippen molar-refractivity contribution in [3.8, 4) is 0 Å². The summed E-state index contributed by atoms with van der Waals surface area (Å²) >= 11 is 0. The molecule has 4 fully saturated rings. The Hall–Kier alpha value is -3.02. The lowest BCUT2D eigenvalue weighted by Crippen LogP contribution is -2.52. The Morgan fingerprint density at radius 2 is 2.00 bits per heavy atom. The topological polar surface area (TPSA) is 133 Å². The maximum absolute atomic E-state index is 12.6. The second-order valence-corrected chi connectivity index (χ2v) is 10.5. The molecule has 36 heavy (non-hydrogen) atoms. The fraction of sp³-hybridized carbons (Fsp3) is 0.600. The summed E-state index contributed by atoms with van der Waals surface area (Å²) in [5.41, 5.74) is 7.40. The van der Waals surface area contributed by atoms with Crippen molar-refractivity contribution in [3.05, 3.63) is 24.4 Å². The molecule has 6 rings (SSSR count). The van der Waals surface area contributed by atoms with Crippen LogP contribution in [0.2, 0.25) is 0 Å². The maximum Gasteiger partial charge on any atom is 0.328 e. The van der Waals surface area contributed by atoms with Gasteiger partial charge in [-0.15, -0.1) is 0 Å². The molecule has 4 aliphatic rings. The van der Waals surface area contributed by atoms with Crippen molar-refractivity contribution in [1.82, 2.24) is 31.0 Å². The van der Waals surface area contributed by atoms with Gasteiger partial charge in [-0.2, -0.15) is 0 Å². The van der Waals surface area contributed by atoms with Gasteiger partial charge in [-0.25, -0.2) is 15.2 Å². The number of pyridine rings is 2. The third-order valence-electron chi connectivity index (χ3n) is 7.84. The summed E-state index contributed by atoms with van der Waals surface area (Å²) in [6.07, 6.45) is 7.49.